The highest BCUT2D eigenvalue weighted by Crippen LogP contribution is 2.24. The van der Waals surface area contributed by atoms with Crippen LogP contribution in [0.25, 0.3) is 11.1 Å². The third-order valence-electron chi connectivity index (χ3n) is 2.92. The minimum absolute atomic E-state index is 0.108. The van der Waals surface area contributed by atoms with Crippen molar-refractivity contribution in [3.8, 4) is 11.1 Å². The van der Waals surface area contributed by atoms with Crippen molar-refractivity contribution in [1.82, 2.24) is 4.98 Å². The molecule has 0 aliphatic rings. The molecule has 0 bridgehead atoms. The smallest absolute Gasteiger partial charge is 0.160 e. The van der Waals surface area contributed by atoms with Gasteiger partial charge in [0.1, 0.15) is 0 Å². The average Bonchev–Trinajstić information content (AvgIpc) is 2.29. The molecule has 0 unspecified atom stereocenters. The molecule has 2 heteroatoms. The normalized spacial score (nSPS) is 10.3. The first-order valence-electron chi connectivity index (χ1n) is 5.63. The standard InChI is InChI=1S/C15H15NO/c1-10-9-13(6-7-14(10)12(3)17)15-5-4-8-16-11(15)2/h4-9H,1-3H3. The SMILES string of the molecule is CC(=O)c1ccc(-c2cccnc2C)cc1C. The second kappa shape index (κ2) is 4.50. The maximum absolute atomic E-state index is 11.4. The first-order chi connectivity index (χ1) is 8.09. The number of benzene rings is 1. The van der Waals surface area contributed by atoms with Gasteiger partial charge in [-0.05, 0) is 38.0 Å². The van der Waals surface area contributed by atoms with E-state index in [1.54, 1.807) is 13.1 Å². The van der Waals surface area contributed by atoms with Crippen molar-refractivity contribution in [3.63, 3.8) is 0 Å². The van der Waals surface area contributed by atoms with Gasteiger partial charge in [-0.15, -0.1) is 0 Å². The summed E-state index contributed by atoms with van der Waals surface area (Å²) < 4.78 is 0. The molecule has 1 aromatic carbocycles. The van der Waals surface area contributed by atoms with E-state index in [4.69, 9.17) is 0 Å². The van der Waals surface area contributed by atoms with Gasteiger partial charge < -0.3 is 0 Å². The van der Waals surface area contributed by atoms with Crippen molar-refractivity contribution in [3.05, 3.63) is 53.3 Å². The van der Waals surface area contributed by atoms with Gasteiger partial charge in [-0.2, -0.15) is 0 Å². The Balaban J connectivity index is 2.52. The Kier molecular flexibility index (Phi) is 3.05. The summed E-state index contributed by atoms with van der Waals surface area (Å²) in [6.07, 6.45) is 1.79. The number of aromatic nitrogens is 1. The highest BCUT2D eigenvalue weighted by Gasteiger charge is 2.07. The number of Topliss-reactive ketones (excluding diaryl/α,β-unsaturated/α-hetero) is 1. The monoisotopic (exact) mass is 225 g/mol. The quantitative estimate of drug-likeness (QED) is 0.731. The molecule has 0 fully saturated rings. The lowest BCUT2D eigenvalue weighted by Gasteiger charge is -2.08. The first kappa shape index (κ1) is 11.5. The lowest BCUT2D eigenvalue weighted by molar-refractivity contribution is 0.101. The number of hydrogen-bond acceptors (Lipinski definition) is 2. The minimum atomic E-state index is 0.108. The van der Waals surface area contributed by atoms with E-state index in [0.717, 1.165) is 27.9 Å². The van der Waals surface area contributed by atoms with Gasteiger partial charge in [-0.1, -0.05) is 24.3 Å². The van der Waals surface area contributed by atoms with Crippen LogP contribution in [0.4, 0.5) is 0 Å². The number of carbonyl (C=O) groups is 1. The fourth-order valence-corrected chi connectivity index (χ4v) is 2.02. The number of hydrogen-bond donors (Lipinski definition) is 0. The second-order valence-corrected chi connectivity index (χ2v) is 4.22. The highest BCUT2D eigenvalue weighted by atomic mass is 16.1. The largest absolute Gasteiger partial charge is 0.295 e. The van der Waals surface area contributed by atoms with Crippen LogP contribution in [-0.2, 0) is 0 Å². The number of carbonyl (C=O) groups excluding carboxylic acids is 1. The summed E-state index contributed by atoms with van der Waals surface area (Å²) in [4.78, 5) is 15.6. The average molecular weight is 225 g/mol. The van der Waals surface area contributed by atoms with Crippen LogP contribution in [0.3, 0.4) is 0 Å². The van der Waals surface area contributed by atoms with Crippen molar-refractivity contribution in [2.45, 2.75) is 20.8 Å². The van der Waals surface area contributed by atoms with Crippen molar-refractivity contribution in [2.75, 3.05) is 0 Å². The Morgan fingerprint density at radius 2 is 1.94 bits per heavy atom. The van der Waals surface area contributed by atoms with E-state index in [-0.39, 0.29) is 5.78 Å². The molecule has 0 aliphatic heterocycles. The summed E-state index contributed by atoms with van der Waals surface area (Å²) in [5.41, 5.74) is 5.03. The lowest BCUT2D eigenvalue weighted by atomic mass is 9.98. The van der Waals surface area contributed by atoms with Crippen molar-refractivity contribution in [1.29, 1.82) is 0 Å². The van der Waals surface area contributed by atoms with Crippen LogP contribution in [0.2, 0.25) is 0 Å². The van der Waals surface area contributed by atoms with Gasteiger partial charge in [-0.25, -0.2) is 0 Å². The topological polar surface area (TPSA) is 30.0 Å². The molecule has 17 heavy (non-hydrogen) atoms. The molecule has 0 saturated carbocycles. The third-order valence-corrected chi connectivity index (χ3v) is 2.92. The molecule has 0 radical (unpaired) electrons. The van der Waals surface area contributed by atoms with E-state index >= 15 is 0 Å². The van der Waals surface area contributed by atoms with Gasteiger partial charge in [0, 0.05) is 23.0 Å². The maximum Gasteiger partial charge on any atom is 0.160 e. The second-order valence-electron chi connectivity index (χ2n) is 4.22. The zero-order valence-electron chi connectivity index (χ0n) is 10.3. The molecule has 1 heterocycles. The van der Waals surface area contributed by atoms with E-state index in [1.165, 1.54) is 0 Å². The lowest BCUT2D eigenvalue weighted by Crippen LogP contribution is -1.96. The molecule has 0 atom stereocenters. The third kappa shape index (κ3) is 2.26. The molecule has 86 valence electrons. The predicted octanol–water partition coefficient (Wildman–Crippen LogP) is 3.57. The number of pyridine rings is 1. The number of rotatable bonds is 2. The fraction of sp³-hybridized carbons (Fsp3) is 0.200. The Bertz CT molecular complexity index is 573. The van der Waals surface area contributed by atoms with Crippen LogP contribution in [0, 0.1) is 13.8 Å². The molecular formula is C15H15NO. The van der Waals surface area contributed by atoms with Crippen LogP contribution < -0.4 is 0 Å². The molecule has 2 aromatic rings. The number of aryl methyl sites for hydroxylation is 2. The Morgan fingerprint density at radius 1 is 1.18 bits per heavy atom. The van der Waals surface area contributed by atoms with Crippen molar-refractivity contribution in [2.24, 2.45) is 0 Å². The van der Waals surface area contributed by atoms with Crippen molar-refractivity contribution >= 4 is 5.78 Å². The number of ketones is 1. The van der Waals surface area contributed by atoms with Gasteiger partial charge in [-0.3, -0.25) is 9.78 Å². The molecule has 0 spiro atoms. The van der Waals surface area contributed by atoms with Gasteiger partial charge >= 0.3 is 0 Å². The molecule has 1 aromatic heterocycles. The summed E-state index contributed by atoms with van der Waals surface area (Å²) in [7, 11) is 0. The zero-order valence-corrected chi connectivity index (χ0v) is 10.3. The molecule has 0 saturated heterocycles. The Hall–Kier alpha value is -1.96. The van der Waals surface area contributed by atoms with Crippen LogP contribution in [0.5, 0.6) is 0 Å². The molecule has 2 nitrogen and oxygen atoms in total. The first-order valence-corrected chi connectivity index (χ1v) is 5.63. The molecular weight excluding hydrogens is 210 g/mol. The van der Waals surface area contributed by atoms with E-state index in [1.807, 2.05) is 44.2 Å². The molecule has 0 N–H and O–H groups in total. The van der Waals surface area contributed by atoms with E-state index in [0.29, 0.717) is 0 Å². The predicted molar refractivity (Wildman–Crippen MR) is 69.2 cm³/mol. The maximum atomic E-state index is 11.4. The Morgan fingerprint density at radius 3 is 2.53 bits per heavy atom. The van der Waals surface area contributed by atoms with Crippen molar-refractivity contribution < 1.29 is 4.79 Å². The fourth-order valence-electron chi connectivity index (χ4n) is 2.02. The highest BCUT2D eigenvalue weighted by molar-refractivity contribution is 5.96. The molecule has 2 rings (SSSR count). The minimum Gasteiger partial charge on any atom is -0.295 e. The number of nitrogens with zero attached hydrogens (tertiary/aromatic N) is 1. The van der Waals surface area contributed by atoms with Crippen LogP contribution in [0.15, 0.2) is 36.5 Å². The van der Waals surface area contributed by atoms with Gasteiger partial charge in [0.15, 0.2) is 5.78 Å². The molecule has 0 aliphatic carbocycles. The summed E-state index contributed by atoms with van der Waals surface area (Å²) in [6, 6.07) is 9.88. The van der Waals surface area contributed by atoms with Gasteiger partial charge in [0.2, 0.25) is 0 Å². The van der Waals surface area contributed by atoms with E-state index in [2.05, 4.69) is 4.98 Å². The van der Waals surface area contributed by atoms with Crippen LogP contribution in [-0.4, -0.2) is 10.8 Å². The molecule has 0 amide bonds. The van der Waals surface area contributed by atoms with E-state index < -0.39 is 0 Å². The summed E-state index contributed by atoms with van der Waals surface area (Å²) in [5.74, 6) is 0.108. The Labute approximate surface area is 101 Å². The zero-order chi connectivity index (χ0) is 12.4. The van der Waals surface area contributed by atoms with Gasteiger partial charge in [0.05, 0.1) is 0 Å². The summed E-state index contributed by atoms with van der Waals surface area (Å²) in [6.45, 7) is 5.55. The summed E-state index contributed by atoms with van der Waals surface area (Å²) >= 11 is 0. The van der Waals surface area contributed by atoms with Crippen LogP contribution in [0.1, 0.15) is 28.5 Å². The summed E-state index contributed by atoms with van der Waals surface area (Å²) in [5, 5.41) is 0. The van der Waals surface area contributed by atoms with E-state index in [9.17, 15) is 4.79 Å². The van der Waals surface area contributed by atoms with Gasteiger partial charge in [0.25, 0.3) is 0 Å². The van der Waals surface area contributed by atoms with Crippen LogP contribution >= 0.6 is 0 Å².